The number of pyridine rings is 1. The Hall–Kier alpha value is -2.24. The van der Waals surface area contributed by atoms with Gasteiger partial charge in [-0.3, -0.25) is 4.40 Å². The average Bonchev–Trinajstić information content (AvgIpc) is 2.96. The van der Waals surface area contributed by atoms with Crippen molar-refractivity contribution in [3.05, 3.63) is 58.2 Å². The standard InChI is InChI=1S/C15H8ClF3N4S/c16-12-5-11(15(17,18)19)7-23-13(12)21-22-14(23)24-8-10-4-2-1-3-9(10)6-20/h1-5,7H,8H2. The molecule has 0 unspecified atom stereocenters. The van der Waals surface area contributed by atoms with Gasteiger partial charge in [-0.2, -0.15) is 18.4 Å². The van der Waals surface area contributed by atoms with Gasteiger partial charge in [0.2, 0.25) is 0 Å². The van der Waals surface area contributed by atoms with Crippen molar-refractivity contribution in [3.8, 4) is 6.07 Å². The smallest absolute Gasteiger partial charge is 0.276 e. The Balaban J connectivity index is 1.96. The Morgan fingerprint density at radius 3 is 2.71 bits per heavy atom. The number of hydrogen-bond acceptors (Lipinski definition) is 4. The summed E-state index contributed by atoms with van der Waals surface area (Å²) in [5, 5.41) is 16.9. The summed E-state index contributed by atoms with van der Waals surface area (Å²) < 4.78 is 40.0. The maximum absolute atomic E-state index is 12.9. The molecular weight excluding hydrogens is 361 g/mol. The molecule has 0 aliphatic rings. The monoisotopic (exact) mass is 368 g/mol. The van der Waals surface area contributed by atoms with Crippen LogP contribution in [0.1, 0.15) is 16.7 Å². The first kappa shape index (κ1) is 16.6. The second-order valence-electron chi connectivity index (χ2n) is 4.81. The van der Waals surface area contributed by atoms with Gasteiger partial charge in [-0.15, -0.1) is 10.2 Å². The van der Waals surface area contributed by atoms with E-state index in [4.69, 9.17) is 16.9 Å². The van der Waals surface area contributed by atoms with E-state index in [0.29, 0.717) is 11.3 Å². The quantitative estimate of drug-likeness (QED) is 0.636. The number of nitriles is 1. The van der Waals surface area contributed by atoms with Gasteiger partial charge in [0.25, 0.3) is 0 Å². The number of alkyl halides is 3. The molecule has 0 saturated carbocycles. The zero-order chi connectivity index (χ0) is 17.3. The molecule has 0 bridgehead atoms. The maximum Gasteiger partial charge on any atom is 0.417 e. The number of nitrogens with zero attached hydrogens (tertiary/aromatic N) is 4. The molecule has 0 fully saturated rings. The summed E-state index contributed by atoms with van der Waals surface area (Å²) in [7, 11) is 0. The van der Waals surface area contributed by atoms with Crippen molar-refractivity contribution in [1.82, 2.24) is 14.6 Å². The highest BCUT2D eigenvalue weighted by Gasteiger charge is 2.32. The fraction of sp³-hybridized carbons (Fsp3) is 0.133. The summed E-state index contributed by atoms with van der Waals surface area (Å²) in [6.07, 6.45) is -3.60. The summed E-state index contributed by atoms with van der Waals surface area (Å²) >= 11 is 7.05. The molecule has 0 aliphatic heterocycles. The zero-order valence-corrected chi connectivity index (χ0v) is 13.5. The van der Waals surface area contributed by atoms with Gasteiger partial charge in [-0.25, -0.2) is 0 Å². The lowest BCUT2D eigenvalue weighted by Crippen LogP contribution is -2.07. The predicted molar refractivity (Wildman–Crippen MR) is 83.7 cm³/mol. The Bertz CT molecular complexity index is 946. The Kier molecular flexibility index (Phi) is 4.39. The highest BCUT2D eigenvalue weighted by molar-refractivity contribution is 7.98. The van der Waals surface area contributed by atoms with E-state index in [2.05, 4.69) is 16.3 Å². The van der Waals surface area contributed by atoms with E-state index in [-0.39, 0.29) is 15.8 Å². The predicted octanol–water partition coefficient (Wildman–Crippen LogP) is 4.57. The van der Waals surface area contributed by atoms with Crippen LogP contribution >= 0.6 is 23.4 Å². The fourth-order valence-electron chi connectivity index (χ4n) is 2.08. The molecule has 3 rings (SSSR count). The van der Waals surface area contributed by atoms with Crippen LogP contribution in [0.3, 0.4) is 0 Å². The van der Waals surface area contributed by atoms with Gasteiger partial charge < -0.3 is 0 Å². The number of fused-ring (bicyclic) bond motifs is 1. The molecule has 0 N–H and O–H groups in total. The lowest BCUT2D eigenvalue weighted by molar-refractivity contribution is -0.137. The highest BCUT2D eigenvalue weighted by atomic mass is 35.5. The molecule has 0 spiro atoms. The van der Waals surface area contributed by atoms with Gasteiger partial charge in [0.1, 0.15) is 0 Å². The number of benzene rings is 1. The largest absolute Gasteiger partial charge is 0.417 e. The minimum Gasteiger partial charge on any atom is -0.276 e. The van der Waals surface area contributed by atoms with Crippen molar-refractivity contribution in [3.63, 3.8) is 0 Å². The molecule has 122 valence electrons. The minimum atomic E-state index is -4.52. The van der Waals surface area contributed by atoms with Crippen LogP contribution in [0.2, 0.25) is 5.02 Å². The van der Waals surface area contributed by atoms with Crippen LogP contribution in [0.4, 0.5) is 13.2 Å². The summed E-state index contributed by atoms with van der Waals surface area (Å²) in [6, 6.07) is 9.89. The number of rotatable bonds is 3. The van der Waals surface area contributed by atoms with Crippen molar-refractivity contribution in [2.24, 2.45) is 0 Å². The Morgan fingerprint density at radius 1 is 1.25 bits per heavy atom. The molecule has 0 radical (unpaired) electrons. The molecule has 1 aromatic carbocycles. The van der Waals surface area contributed by atoms with Crippen molar-refractivity contribution in [2.45, 2.75) is 17.1 Å². The number of thioether (sulfide) groups is 1. The number of halogens is 4. The van der Waals surface area contributed by atoms with Gasteiger partial charge >= 0.3 is 6.18 Å². The molecule has 3 aromatic rings. The van der Waals surface area contributed by atoms with Gasteiger partial charge in [0.05, 0.1) is 22.2 Å². The van der Waals surface area contributed by atoms with Gasteiger partial charge in [-0.1, -0.05) is 41.6 Å². The third kappa shape index (κ3) is 3.18. The second kappa shape index (κ2) is 6.34. The van der Waals surface area contributed by atoms with Crippen LogP contribution in [-0.4, -0.2) is 14.6 Å². The minimum absolute atomic E-state index is 0.124. The molecule has 2 aromatic heterocycles. The molecule has 9 heteroatoms. The van der Waals surface area contributed by atoms with Crippen LogP contribution < -0.4 is 0 Å². The van der Waals surface area contributed by atoms with E-state index < -0.39 is 11.7 Å². The van der Waals surface area contributed by atoms with Gasteiger partial charge in [-0.05, 0) is 17.7 Å². The van der Waals surface area contributed by atoms with E-state index in [1.165, 1.54) is 16.2 Å². The van der Waals surface area contributed by atoms with Crippen molar-refractivity contribution >= 4 is 29.0 Å². The van der Waals surface area contributed by atoms with Crippen molar-refractivity contribution in [1.29, 1.82) is 5.26 Å². The van der Waals surface area contributed by atoms with E-state index >= 15 is 0 Å². The zero-order valence-electron chi connectivity index (χ0n) is 11.9. The SMILES string of the molecule is N#Cc1ccccc1CSc1nnc2c(Cl)cc(C(F)(F)F)cn12. The number of aromatic nitrogens is 3. The lowest BCUT2D eigenvalue weighted by Gasteiger charge is -2.09. The first-order valence-electron chi connectivity index (χ1n) is 6.62. The van der Waals surface area contributed by atoms with Crippen molar-refractivity contribution in [2.75, 3.05) is 0 Å². The second-order valence-corrected chi connectivity index (χ2v) is 6.16. The molecule has 0 aliphatic carbocycles. The Labute approximate surface area is 143 Å². The van der Waals surface area contributed by atoms with E-state index in [0.717, 1.165) is 17.8 Å². The normalized spacial score (nSPS) is 11.6. The molecule has 0 atom stereocenters. The lowest BCUT2D eigenvalue weighted by atomic mass is 10.1. The van der Waals surface area contributed by atoms with Crippen LogP contribution in [0.5, 0.6) is 0 Å². The summed E-state index contributed by atoms with van der Waals surface area (Å²) in [5.41, 5.74) is 0.549. The van der Waals surface area contributed by atoms with Crippen LogP contribution in [-0.2, 0) is 11.9 Å². The summed E-state index contributed by atoms with van der Waals surface area (Å²) in [4.78, 5) is 0. The first-order chi connectivity index (χ1) is 11.4. The molecule has 0 amide bonds. The highest BCUT2D eigenvalue weighted by Crippen LogP contribution is 2.33. The van der Waals surface area contributed by atoms with Crippen LogP contribution in [0, 0.1) is 11.3 Å². The topological polar surface area (TPSA) is 54.0 Å². The van der Waals surface area contributed by atoms with E-state index in [1.54, 1.807) is 24.3 Å². The van der Waals surface area contributed by atoms with Crippen molar-refractivity contribution < 1.29 is 13.2 Å². The number of hydrogen-bond donors (Lipinski definition) is 0. The van der Waals surface area contributed by atoms with Gasteiger partial charge in [0.15, 0.2) is 10.8 Å². The van der Waals surface area contributed by atoms with E-state index in [1.807, 2.05) is 0 Å². The first-order valence-corrected chi connectivity index (χ1v) is 7.99. The summed E-state index contributed by atoms with van der Waals surface area (Å²) in [6.45, 7) is 0. The summed E-state index contributed by atoms with van der Waals surface area (Å²) in [5.74, 6) is 0.373. The molecule has 0 saturated heterocycles. The van der Waals surface area contributed by atoms with E-state index in [9.17, 15) is 13.2 Å². The van der Waals surface area contributed by atoms with Crippen LogP contribution in [0.15, 0.2) is 41.7 Å². The third-order valence-corrected chi connectivity index (χ3v) is 4.52. The third-order valence-electron chi connectivity index (χ3n) is 3.25. The van der Waals surface area contributed by atoms with Crippen LogP contribution in [0.25, 0.3) is 5.65 Å². The molecule has 24 heavy (non-hydrogen) atoms. The fourth-order valence-corrected chi connectivity index (χ4v) is 3.24. The van der Waals surface area contributed by atoms with Gasteiger partial charge in [0, 0.05) is 11.9 Å². The molecule has 2 heterocycles. The molecular formula is C15H8ClF3N4S. The molecule has 4 nitrogen and oxygen atoms in total. The Morgan fingerprint density at radius 2 is 2.00 bits per heavy atom. The average molecular weight is 369 g/mol. The maximum atomic E-state index is 12.9.